The number of carbonyl (C=O) groups excluding carboxylic acids is 1. The first-order valence-corrected chi connectivity index (χ1v) is 6.99. The van der Waals surface area contributed by atoms with Crippen molar-refractivity contribution in [1.29, 1.82) is 0 Å². The smallest absolute Gasteiger partial charge is 0.258 e. The Morgan fingerprint density at radius 3 is 3.00 bits per heavy atom. The van der Waals surface area contributed by atoms with Crippen LogP contribution >= 0.6 is 0 Å². The van der Waals surface area contributed by atoms with Gasteiger partial charge in [0.05, 0.1) is 5.69 Å². The van der Waals surface area contributed by atoms with Crippen molar-refractivity contribution < 1.29 is 9.32 Å². The second-order valence-corrected chi connectivity index (χ2v) is 5.55. The standard InChI is InChI=1S/C16H18N2O2/c1-10-7-8-14-13(9-10)16(20-18-14)17-15(19)12-6-4-3-5-11(12)2/h3-6,10H,7-9H2,1-2H3,(H,17,19)/t10-/m0/s1. The zero-order chi connectivity index (χ0) is 14.1. The predicted octanol–water partition coefficient (Wildman–Crippen LogP) is 3.36. The quantitative estimate of drug-likeness (QED) is 0.910. The fraction of sp³-hybridized carbons (Fsp3) is 0.375. The fourth-order valence-electron chi connectivity index (χ4n) is 2.68. The second-order valence-electron chi connectivity index (χ2n) is 5.55. The van der Waals surface area contributed by atoms with E-state index >= 15 is 0 Å². The van der Waals surface area contributed by atoms with Crippen LogP contribution in [0.1, 0.15) is 40.5 Å². The molecule has 1 amide bonds. The maximum Gasteiger partial charge on any atom is 0.258 e. The summed E-state index contributed by atoms with van der Waals surface area (Å²) < 4.78 is 5.32. The van der Waals surface area contributed by atoms with E-state index in [2.05, 4.69) is 17.4 Å². The van der Waals surface area contributed by atoms with Crippen molar-refractivity contribution in [2.24, 2.45) is 5.92 Å². The molecular formula is C16H18N2O2. The van der Waals surface area contributed by atoms with Crippen molar-refractivity contribution in [2.75, 3.05) is 5.32 Å². The Labute approximate surface area is 118 Å². The van der Waals surface area contributed by atoms with Gasteiger partial charge >= 0.3 is 0 Å². The first-order chi connectivity index (χ1) is 9.65. The van der Waals surface area contributed by atoms with E-state index in [1.54, 1.807) is 0 Å². The summed E-state index contributed by atoms with van der Waals surface area (Å²) in [6.07, 6.45) is 2.98. The number of hydrogen-bond donors (Lipinski definition) is 1. The van der Waals surface area contributed by atoms with Crippen LogP contribution < -0.4 is 5.32 Å². The number of benzene rings is 1. The molecule has 4 heteroatoms. The molecule has 0 aliphatic heterocycles. The van der Waals surface area contributed by atoms with Gasteiger partial charge < -0.3 is 4.52 Å². The molecule has 1 heterocycles. The molecule has 2 aromatic rings. The maximum absolute atomic E-state index is 12.3. The van der Waals surface area contributed by atoms with Gasteiger partial charge in [0.25, 0.3) is 5.91 Å². The molecule has 104 valence electrons. The summed E-state index contributed by atoms with van der Waals surface area (Å²) in [7, 11) is 0. The molecule has 3 rings (SSSR count). The largest absolute Gasteiger partial charge is 0.338 e. The van der Waals surface area contributed by atoms with E-state index in [4.69, 9.17) is 4.52 Å². The van der Waals surface area contributed by atoms with E-state index in [1.807, 2.05) is 31.2 Å². The molecule has 1 aliphatic carbocycles. The van der Waals surface area contributed by atoms with Crippen LogP contribution in [0.15, 0.2) is 28.8 Å². The molecule has 0 bridgehead atoms. The molecule has 20 heavy (non-hydrogen) atoms. The van der Waals surface area contributed by atoms with Crippen LogP contribution in [0.2, 0.25) is 0 Å². The minimum absolute atomic E-state index is 0.139. The van der Waals surface area contributed by atoms with Crippen molar-refractivity contribution in [3.63, 3.8) is 0 Å². The average molecular weight is 270 g/mol. The summed E-state index contributed by atoms with van der Waals surface area (Å²) in [5, 5.41) is 6.93. The van der Waals surface area contributed by atoms with Gasteiger partial charge in [-0.2, -0.15) is 0 Å². The summed E-state index contributed by atoms with van der Waals surface area (Å²) in [6.45, 7) is 4.13. The van der Waals surface area contributed by atoms with Crippen LogP contribution in [0, 0.1) is 12.8 Å². The Morgan fingerprint density at radius 2 is 2.20 bits per heavy atom. The number of nitrogens with zero attached hydrogens (tertiary/aromatic N) is 1. The number of rotatable bonds is 2. The van der Waals surface area contributed by atoms with Gasteiger partial charge in [-0.15, -0.1) is 0 Å². The highest BCUT2D eigenvalue weighted by atomic mass is 16.5. The van der Waals surface area contributed by atoms with E-state index in [-0.39, 0.29) is 5.91 Å². The first-order valence-electron chi connectivity index (χ1n) is 6.99. The van der Waals surface area contributed by atoms with Gasteiger partial charge in [-0.1, -0.05) is 30.3 Å². The van der Waals surface area contributed by atoms with Crippen LogP contribution in [0.5, 0.6) is 0 Å². The number of carbonyl (C=O) groups is 1. The summed E-state index contributed by atoms with van der Waals surface area (Å²) in [5.74, 6) is 0.982. The van der Waals surface area contributed by atoms with Crippen LogP contribution in [-0.2, 0) is 12.8 Å². The average Bonchev–Trinajstić information content (AvgIpc) is 2.82. The topological polar surface area (TPSA) is 55.1 Å². The lowest BCUT2D eigenvalue weighted by Crippen LogP contribution is -2.16. The monoisotopic (exact) mass is 270 g/mol. The van der Waals surface area contributed by atoms with Gasteiger partial charge in [0.2, 0.25) is 5.88 Å². The Balaban J connectivity index is 1.84. The van der Waals surface area contributed by atoms with Crippen LogP contribution in [0.25, 0.3) is 0 Å². The lowest BCUT2D eigenvalue weighted by Gasteiger charge is -2.16. The van der Waals surface area contributed by atoms with Gasteiger partial charge in [-0.25, -0.2) is 0 Å². The van der Waals surface area contributed by atoms with Crippen LogP contribution in [-0.4, -0.2) is 11.1 Å². The van der Waals surface area contributed by atoms with Crippen molar-refractivity contribution in [3.8, 4) is 0 Å². The molecule has 1 atom stereocenters. The van der Waals surface area contributed by atoms with Gasteiger partial charge in [-0.05, 0) is 43.7 Å². The number of anilines is 1. The lowest BCUT2D eigenvalue weighted by molar-refractivity contribution is 0.102. The summed E-state index contributed by atoms with van der Waals surface area (Å²) in [5.41, 5.74) is 3.67. The van der Waals surface area contributed by atoms with E-state index < -0.39 is 0 Å². The van der Waals surface area contributed by atoms with E-state index in [9.17, 15) is 4.79 Å². The summed E-state index contributed by atoms with van der Waals surface area (Å²) in [4.78, 5) is 12.3. The molecule has 0 unspecified atom stereocenters. The fourth-order valence-corrected chi connectivity index (χ4v) is 2.68. The number of aromatic nitrogens is 1. The second kappa shape index (κ2) is 5.12. The SMILES string of the molecule is Cc1ccccc1C(=O)Nc1onc2c1C[C@@H](C)CC2. The molecule has 1 aliphatic rings. The molecule has 1 aromatic heterocycles. The van der Waals surface area contributed by atoms with Gasteiger partial charge in [0, 0.05) is 11.1 Å². The van der Waals surface area contributed by atoms with Gasteiger partial charge in [0.1, 0.15) is 0 Å². The van der Waals surface area contributed by atoms with E-state index in [1.165, 1.54) is 0 Å². The first kappa shape index (κ1) is 12.9. The maximum atomic E-state index is 12.3. The third-order valence-corrected chi connectivity index (χ3v) is 3.91. The van der Waals surface area contributed by atoms with Crippen LogP contribution in [0.4, 0.5) is 5.88 Å². The Hall–Kier alpha value is -2.10. The molecule has 0 saturated heterocycles. The number of fused-ring (bicyclic) bond motifs is 1. The number of aryl methyl sites for hydroxylation is 2. The minimum atomic E-state index is -0.139. The Morgan fingerprint density at radius 1 is 1.40 bits per heavy atom. The zero-order valence-electron chi connectivity index (χ0n) is 11.8. The summed E-state index contributed by atoms with van der Waals surface area (Å²) in [6, 6.07) is 7.52. The van der Waals surface area contributed by atoms with Crippen molar-refractivity contribution in [2.45, 2.75) is 33.1 Å². The zero-order valence-corrected chi connectivity index (χ0v) is 11.8. The molecular weight excluding hydrogens is 252 g/mol. The third-order valence-electron chi connectivity index (χ3n) is 3.91. The third kappa shape index (κ3) is 2.33. The van der Waals surface area contributed by atoms with Gasteiger partial charge in [0.15, 0.2) is 0 Å². The molecule has 1 N–H and O–H groups in total. The molecule has 0 radical (unpaired) electrons. The summed E-state index contributed by atoms with van der Waals surface area (Å²) >= 11 is 0. The highest BCUT2D eigenvalue weighted by Crippen LogP contribution is 2.30. The number of hydrogen-bond acceptors (Lipinski definition) is 3. The normalized spacial score (nSPS) is 17.6. The predicted molar refractivity (Wildman–Crippen MR) is 76.8 cm³/mol. The van der Waals surface area contributed by atoms with Gasteiger partial charge in [-0.3, -0.25) is 10.1 Å². The highest BCUT2D eigenvalue weighted by molar-refractivity contribution is 6.04. The lowest BCUT2D eigenvalue weighted by atomic mass is 9.89. The molecule has 0 saturated carbocycles. The van der Waals surface area contributed by atoms with Crippen molar-refractivity contribution in [1.82, 2.24) is 5.16 Å². The minimum Gasteiger partial charge on any atom is -0.338 e. The molecule has 1 aromatic carbocycles. The molecule has 0 fully saturated rings. The number of nitrogens with one attached hydrogen (secondary N) is 1. The van der Waals surface area contributed by atoms with E-state index in [0.29, 0.717) is 17.4 Å². The Kier molecular flexibility index (Phi) is 3.30. The molecule has 0 spiro atoms. The van der Waals surface area contributed by atoms with E-state index in [0.717, 1.165) is 36.1 Å². The van der Waals surface area contributed by atoms with Crippen molar-refractivity contribution in [3.05, 3.63) is 46.6 Å². The van der Waals surface area contributed by atoms with Crippen molar-refractivity contribution >= 4 is 11.8 Å². The van der Waals surface area contributed by atoms with Crippen LogP contribution in [0.3, 0.4) is 0 Å². The Bertz CT molecular complexity index is 646. The number of amides is 1. The molecule has 4 nitrogen and oxygen atoms in total. The highest BCUT2D eigenvalue weighted by Gasteiger charge is 2.24.